The van der Waals surface area contributed by atoms with Gasteiger partial charge in [0.2, 0.25) is 10.0 Å². The van der Waals surface area contributed by atoms with Gasteiger partial charge in [-0.15, -0.1) is 0 Å². The normalized spacial score (nSPS) is 11.6. The van der Waals surface area contributed by atoms with Crippen LogP contribution in [0.4, 0.5) is 0 Å². The lowest BCUT2D eigenvalue weighted by Crippen LogP contribution is -2.14. The first kappa shape index (κ1) is 12.5. The third kappa shape index (κ3) is 3.52. The summed E-state index contributed by atoms with van der Waals surface area (Å²) < 4.78 is 27.5. The van der Waals surface area contributed by atoms with Crippen LogP contribution in [0.3, 0.4) is 0 Å². The summed E-state index contributed by atoms with van der Waals surface area (Å²) >= 11 is 0. The van der Waals surface area contributed by atoms with Crippen LogP contribution < -0.4 is 9.88 Å². The molecule has 0 bridgehead atoms. The van der Waals surface area contributed by atoms with Crippen LogP contribution in [0.15, 0.2) is 34.3 Å². The predicted octanol–water partition coefficient (Wildman–Crippen LogP) is 0.345. The Bertz CT molecular complexity index is 470. The molecule has 2 N–H and O–H groups in total. The third-order valence-corrected chi connectivity index (χ3v) is 2.60. The average Bonchev–Trinajstić information content (AvgIpc) is 2.24. The molecule has 1 rings (SSSR count). The maximum atomic E-state index is 11.2. The number of nitrogens with zero attached hydrogens (tertiary/aromatic N) is 1. The lowest BCUT2D eigenvalue weighted by atomic mass is 10.3. The van der Waals surface area contributed by atoms with E-state index >= 15 is 0 Å². The fraction of sp³-hybridized carbons (Fsp3) is 0.222. The highest BCUT2D eigenvalue weighted by atomic mass is 32.2. The van der Waals surface area contributed by atoms with Gasteiger partial charge in [-0.3, -0.25) is 0 Å². The van der Waals surface area contributed by atoms with Crippen LogP contribution in [0.2, 0.25) is 0 Å². The summed E-state index contributed by atoms with van der Waals surface area (Å²) in [5, 5.41) is 8.47. The number of benzene rings is 1. The molecular formula is C9H12N2O4S. The van der Waals surface area contributed by atoms with Crippen molar-refractivity contribution in [3.8, 4) is 5.75 Å². The summed E-state index contributed by atoms with van der Waals surface area (Å²) in [6, 6.07) is 6.10. The smallest absolute Gasteiger partial charge is 0.241 e. The summed E-state index contributed by atoms with van der Waals surface area (Å²) in [6.07, 6.45) is 1.36. The highest BCUT2D eigenvalue weighted by molar-refractivity contribution is 7.89. The summed E-state index contributed by atoms with van der Waals surface area (Å²) in [5.41, 5.74) is 0. The van der Waals surface area contributed by atoms with Crippen molar-refractivity contribution in [2.24, 2.45) is 10.3 Å². The Hall–Kier alpha value is -1.60. The van der Waals surface area contributed by atoms with Crippen molar-refractivity contribution in [1.82, 2.24) is 0 Å². The van der Waals surface area contributed by atoms with Crippen LogP contribution in [0, 0.1) is 0 Å². The van der Waals surface area contributed by atoms with Gasteiger partial charge in [-0.2, -0.15) is 0 Å². The maximum Gasteiger partial charge on any atom is 0.241 e. The third-order valence-electron chi connectivity index (χ3n) is 1.65. The topological polar surface area (TPSA) is 91.0 Å². The number of para-hydroxylation sites is 1. The van der Waals surface area contributed by atoms with Gasteiger partial charge in [0.25, 0.3) is 0 Å². The monoisotopic (exact) mass is 244 g/mol. The Morgan fingerprint density at radius 2 is 2.12 bits per heavy atom. The van der Waals surface area contributed by atoms with Gasteiger partial charge in [-0.05, 0) is 12.1 Å². The first-order valence-electron chi connectivity index (χ1n) is 4.35. The number of rotatable bonds is 5. The molecule has 0 spiro atoms. The van der Waals surface area contributed by atoms with Crippen molar-refractivity contribution in [2.75, 3.05) is 13.7 Å². The molecule has 0 fully saturated rings. The molecule has 0 aromatic heterocycles. The molecule has 6 nitrogen and oxygen atoms in total. The SMILES string of the molecule is CON=CCOc1ccccc1S(N)(=O)=O. The van der Waals surface area contributed by atoms with Crippen molar-refractivity contribution in [1.29, 1.82) is 0 Å². The van der Waals surface area contributed by atoms with Crippen LogP contribution in [0.25, 0.3) is 0 Å². The predicted molar refractivity (Wildman–Crippen MR) is 58.8 cm³/mol. The Balaban J connectivity index is 2.84. The summed E-state index contributed by atoms with van der Waals surface area (Å²) in [5.74, 6) is 0.188. The van der Waals surface area contributed by atoms with Crippen LogP contribution in [0.5, 0.6) is 5.75 Å². The number of oxime groups is 1. The van der Waals surface area contributed by atoms with E-state index in [1.807, 2.05) is 0 Å². The Morgan fingerprint density at radius 1 is 1.44 bits per heavy atom. The molecule has 16 heavy (non-hydrogen) atoms. The lowest BCUT2D eigenvalue weighted by molar-refractivity contribution is 0.212. The van der Waals surface area contributed by atoms with E-state index in [2.05, 4.69) is 9.99 Å². The standard InChI is InChI=1S/C9H12N2O4S/c1-14-11-6-7-15-8-4-2-3-5-9(8)16(10,12)13/h2-6H,7H2,1H3,(H2,10,12,13). The summed E-state index contributed by atoms with van der Waals surface area (Å²) in [4.78, 5) is 4.37. The molecule has 0 aliphatic carbocycles. The number of nitrogens with two attached hydrogens (primary N) is 1. The molecule has 0 aliphatic heterocycles. The van der Waals surface area contributed by atoms with Gasteiger partial charge in [-0.25, -0.2) is 13.6 Å². The molecule has 1 aromatic carbocycles. The summed E-state index contributed by atoms with van der Waals surface area (Å²) in [7, 11) is -2.38. The first-order valence-corrected chi connectivity index (χ1v) is 5.90. The Labute approximate surface area is 93.7 Å². The Kier molecular flexibility index (Phi) is 4.27. The van der Waals surface area contributed by atoms with Crippen molar-refractivity contribution >= 4 is 16.2 Å². The molecule has 0 atom stereocenters. The minimum atomic E-state index is -3.78. The molecule has 88 valence electrons. The molecule has 1 aromatic rings. The second kappa shape index (κ2) is 5.47. The molecule has 0 unspecified atom stereocenters. The zero-order valence-electron chi connectivity index (χ0n) is 8.66. The number of primary sulfonamides is 1. The van der Waals surface area contributed by atoms with Crippen molar-refractivity contribution in [2.45, 2.75) is 4.90 Å². The van der Waals surface area contributed by atoms with Crippen molar-refractivity contribution in [3.63, 3.8) is 0 Å². The van der Waals surface area contributed by atoms with Gasteiger partial charge < -0.3 is 9.57 Å². The Morgan fingerprint density at radius 3 is 2.75 bits per heavy atom. The van der Waals surface area contributed by atoms with E-state index in [0.29, 0.717) is 0 Å². The quantitative estimate of drug-likeness (QED) is 0.597. The molecule has 0 aliphatic rings. The lowest BCUT2D eigenvalue weighted by Gasteiger charge is -2.07. The second-order valence-electron chi connectivity index (χ2n) is 2.77. The van der Waals surface area contributed by atoms with Crippen LogP contribution >= 0.6 is 0 Å². The zero-order valence-corrected chi connectivity index (χ0v) is 9.48. The van der Waals surface area contributed by atoms with Gasteiger partial charge in [0, 0.05) is 0 Å². The van der Waals surface area contributed by atoms with Crippen LogP contribution in [-0.4, -0.2) is 28.3 Å². The van der Waals surface area contributed by atoms with Gasteiger partial charge >= 0.3 is 0 Å². The van der Waals surface area contributed by atoms with Crippen molar-refractivity contribution in [3.05, 3.63) is 24.3 Å². The zero-order chi connectivity index (χ0) is 12.0. The average molecular weight is 244 g/mol. The molecule has 0 saturated heterocycles. The van der Waals surface area contributed by atoms with Crippen LogP contribution in [0.1, 0.15) is 0 Å². The minimum Gasteiger partial charge on any atom is -0.486 e. The van der Waals surface area contributed by atoms with E-state index in [9.17, 15) is 8.42 Å². The fourth-order valence-corrected chi connectivity index (χ4v) is 1.71. The van der Waals surface area contributed by atoms with Gasteiger partial charge in [0.1, 0.15) is 24.4 Å². The van der Waals surface area contributed by atoms with Gasteiger partial charge in [0.15, 0.2) is 0 Å². The summed E-state index contributed by atoms with van der Waals surface area (Å²) in [6.45, 7) is 0.0976. The van der Waals surface area contributed by atoms with Gasteiger partial charge in [0.05, 0.1) is 6.21 Å². The number of hydrogen-bond acceptors (Lipinski definition) is 5. The van der Waals surface area contributed by atoms with E-state index in [0.717, 1.165) is 0 Å². The largest absolute Gasteiger partial charge is 0.486 e. The number of hydrogen-bond donors (Lipinski definition) is 1. The van der Waals surface area contributed by atoms with E-state index in [-0.39, 0.29) is 17.3 Å². The highest BCUT2D eigenvalue weighted by Crippen LogP contribution is 2.21. The number of sulfonamides is 1. The molecule has 0 amide bonds. The maximum absolute atomic E-state index is 11.2. The fourth-order valence-electron chi connectivity index (χ4n) is 1.04. The molecule has 0 saturated carbocycles. The molecular weight excluding hydrogens is 232 g/mol. The van der Waals surface area contributed by atoms with Gasteiger partial charge in [-0.1, -0.05) is 17.3 Å². The second-order valence-corrected chi connectivity index (χ2v) is 4.30. The van der Waals surface area contributed by atoms with Crippen LogP contribution in [-0.2, 0) is 14.9 Å². The van der Waals surface area contributed by atoms with E-state index < -0.39 is 10.0 Å². The molecule has 0 heterocycles. The van der Waals surface area contributed by atoms with E-state index in [1.54, 1.807) is 12.1 Å². The van der Waals surface area contributed by atoms with E-state index in [4.69, 9.17) is 9.88 Å². The van der Waals surface area contributed by atoms with E-state index in [1.165, 1.54) is 25.5 Å². The number of ether oxygens (including phenoxy) is 1. The first-order chi connectivity index (χ1) is 7.55. The highest BCUT2D eigenvalue weighted by Gasteiger charge is 2.13. The molecule has 7 heteroatoms. The molecule has 0 radical (unpaired) electrons. The van der Waals surface area contributed by atoms with Crippen molar-refractivity contribution < 1.29 is 18.0 Å². The minimum absolute atomic E-state index is 0.0548.